The Morgan fingerprint density at radius 1 is 0.913 bits per heavy atom. The van der Waals surface area contributed by atoms with Crippen LogP contribution in [0.1, 0.15) is 85.0 Å². The van der Waals surface area contributed by atoms with Gasteiger partial charge in [-0.2, -0.15) is 0 Å². The quantitative estimate of drug-likeness (QED) is 0.568. The molecule has 1 aliphatic heterocycles. The molecule has 0 spiro atoms. The lowest BCUT2D eigenvalue weighted by molar-refractivity contribution is 0.435. The van der Waals surface area contributed by atoms with Gasteiger partial charge in [-0.05, 0) is 20.3 Å². The van der Waals surface area contributed by atoms with Crippen molar-refractivity contribution in [3.63, 3.8) is 0 Å². The molecular weight excluding hydrogens is 286 g/mol. The molecule has 0 fully saturated rings. The van der Waals surface area contributed by atoms with Gasteiger partial charge >= 0.3 is 0 Å². The molecule has 0 aromatic carbocycles. The van der Waals surface area contributed by atoms with E-state index in [1.165, 1.54) is 64.2 Å². The maximum Gasteiger partial charge on any atom is 0.202 e. The first-order chi connectivity index (χ1) is 10.9. The molecule has 1 heterocycles. The van der Waals surface area contributed by atoms with E-state index >= 15 is 0 Å². The molecule has 0 aromatic heterocycles. The highest BCUT2D eigenvalue weighted by molar-refractivity contribution is 5.99. The highest BCUT2D eigenvalue weighted by Crippen LogP contribution is 2.14. The van der Waals surface area contributed by atoms with Crippen LogP contribution in [0.3, 0.4) is 0 Å². The van der Waals surface area contributed by atoms with Gasteiger partial charge in [0.05, 0.1) is 0 Å². The maximum absolute atomic E-state index is 5.82. The first-order valence-electron chi connectivity index (χ1n) is 9.38. The van der Waals surface area contributed by atoms with Crippen molar-refractivity contribution < 1.29 is 0 Å². The van der Waals surface area contributed by atoms with Crippen molar-refractivity contribution in [2.24, 2.45) is 15.7 Å². The average Bonchev–Trinajstić information content (AvgIpc) is 2.47. The first-order valence-corrected chi connectivity index (χ1v) is 9.38. The summed E-state index contributed by atoms with van der Waals surface area (Å²) >= 11 is 0. The molecule has 23 heavy (non-hydrogen) atoms. The van der Waals surface area contributed by atoms with Crippen molar-refractivity contribution in [1.82, 2.24) is 10.2 Å². The number of nitrogens with one attached hydrogen (secondary N) is 1. The van der Waals surface area contributed by atoms with Crippen LogP contribution in [-0.2, 0) is 0 Å². The van der Waals surface area contributed by atoms with Crippen molar-refractivity contribution in [3.05, 3.63) is 0 Å². The monoisotopic (exact) mass is 323 g/mol. The van der Waals surface area contributed by atoms with E-state index in [1.807, 2.05) is 13.8 Å². The molecule has 1 aliphatic rings. The number of rotatable bonds is 11. The molecular formula is C18H37N5. The predicted octanol–water partition coefficient (Wildman–Crippen LogP) is 3.85. The molecule has 0 aliphatic carbocycles. The molecule has 0 saturated heterocycles. The summed E-state index contributed by atoms with van der Waals surface area (Å²) in [5.41, 5.74) is 5.36. The average molecular weight is 324 g/mol. The molecule has 134 valence electrons. The molecule has 0 saturated carbocycles. The van der Waals surface area contributed by atoms with Gasteiger partial charge in [-0.25, -0.2) is 9.98 Å². The van der Waals surface area contributed by atoms with Crippen molar-refractivity contribution in [2.75, 3.05) is 13.6 Å². The number of nitrogens with zero attached hydrogens (tertiary/aromatic N) is 3. The third-order valence-corrected chi connectivity index (χ3v) is 4.22. The summed E-state index contributed by atoms with van der Waals surface area (Å²) in [6, 6.07) is 0. The number of hydrogen-bond donors (Lipinski definition) is 2. The van der Waals surface area contributed by atoms with Gasteiger partial charge in [0, 0.05) is 13.6 Å². The van der Waals surface area contributed by atoms with Crippen LogP contribution in [0.5, 0.6) is 0 Å². The fraction of sp³-hybridized carbons (Fsp3) is 0.889. The van der Waals surface area contributed by atoms with Crippen LogP contribution >= 0.6 is 0 Å². The lowest BCUT2D eigenvalue weighted by atomic mass is 10.1. The zero-order chi connectivity index (χ0) is 17.1. The van der Waals surface area contributed by atoms with Crippen molar-refractivity contribution in [3.8, 4) is 0 Å². The van der Waals surface area contributed by atoms with Crippen LogP contribution in [0.15, 0.2) is 9.98 Å². The fourth-order valence-electron chi connectivity index (χ4n) is 2.87. The second kappa shape index (κ2) is 10.5. The fourth-order valence-corrected chi connectivity index (χ4v) is 2.87. The summed E-state index contributed by atoms with van der Waals surface area (Å²) in [4.78, 5) is 11.0. The van der Waals surface area contributed by atoms with Gasteiger partial charge in [0.25, 0.3) is 0 Å². The minimum Gasteiger partial charge on any atom is -0.370 e. The van der Waals surface area contributed by atoms with E-state index in [2.05, 4.69) is 34.2 Å². The molecule has 0 unspecified atom stereocenters. The SMILES string of the molecule is CCCCCCCCCCCCN(C)C1=NC(C)(C)N=C(N)N1. The Kier molecular flexibility index (Phi) is 9.03. The zero-order valence-electron chi connectivity index (χ0n) is 15.7. The zero-order valence-corrected chi connectivity index (χ0v) is 15.7. The Hall–Kier alpha value is -1.26. The van der Waals surface area contributed by atoms with Crippen LogP contribution < -0.4 is 11.1 Å². The summed E-state index contributed by atoms with van der Waals surface area (Å²) in [6.07, 6.45) is 13.6. The molecule has 0 amide bonds. The van der Waals surface area contributed by atoms with Crippen molar-refractivity contribution in [1.29, 1.82) is 0 Å². The normalized spacial score (nSPS) is 16.5. The topological polar surface area (TPSA) is 66.0 Å². The molecule has 5 nitrogen and oxygen atoms in total. The van der Waals surface area contributed by atoms with E-state index in [1.54, 1.807) is 0 Å². The third-order valence-electron chi connectivity index (χ3n) is 4.22. The Balaban J connectivity index is 2.07. The number of aliphatic imine (C=N–C) groups is 2. The molecule has 0 radical (unpaired) electrons. The predicted molar refractivity (Wildman–Crippen MR) is 101 cm³/mol. The molecule has 3 N–H and O–H groups in total. The van der Waals surface area contributed by atoms with Crippen LogP contribution in [0.2, 0.25) is 0 Å². The molecule has 1 rings (SSSR count). The van der Waals surface area contributed by atoms with Crippen LogP contribution in [0.25, 0.3) is 0 Å². The lowest BCUT2D eigenvalue weighted by Gasteiger charge is -2.29. The number of hydrogen-bond acceptors (Lipinski definition) is 5. The van der Waals surface area contributed by atoms with Gasteiger partial charge in [0.1, 0.15) is 0 Å². The van der Waals surface area contributed by atoms with Crippen LogP contribution in [0, 0.1) is 0 Å². The van der Waals surface area contributed by atoms with Gasteiger partial charge in [-0.1, -0.05) is 64.7 Å². The summed E-state index contributed by atoms with van der Waals surface area (Å²) in [6.45, 7) is 7.21. The van der Waals surface area contributed by atoms with E-state index < -0.39 is 5.66 Å². The van der Waals surface area contributed by atoms with Crippen molar-refractivity contribution in [2.45, 2.75) is 90.6 Å². The smallest absolute Gasteiger partial charge is 0.202 e. The maximum atomic E-state index is 5.82. The second-order valence-electron chi connectivity index (χ2n) is 7.16. The van der Waals surface area contributed by atoms with Gasteiger partial charge in [0.15, 0.2) is 11.6 Å². The van der Waals surface area contributed by atoms with Crippen LogP contribution in [0.4, 0.5) is 0 Å². The summed E-state index contributed by atoms with van der Waals surface area (Å²) in [5, 5.41) is 3.06. The second-order valence-corrected chi connectivity index (χ2v) is 7.16. The largest absolute Gasteiger partial charge is 0.370 e. The molecule has 0 bridgehead atoms. The Morgan fingerprint density at radius 2 is 1.43 bits per heavy atom. The van der Waals surface area contributed by atoms with E-state index in [-0.39, 0.29) is 0 Å². The van der Waals surface area contributed by atoms with Gasteiger partial charge < -0.3 is 10.6 Å². The van der Waals surface area contributed by atoms with E-state index in [9.17, 15) is 0 Å². The number of guanidine groups is 2. The van der Waals surface area contributed by atoms with Gasteiger partial charge in [-0.15, -0.1) is 0 Å². The molecule has 0 atom stereocenters. The van der Waals surface area contributed by atoms with Gasteiger partial charge in [0.2, 0.25) is 5.96 Å². The highest BCUT2D eigenvalue weighted by atomic mass is 15.4. The third kappa shape index (κ3) is 8.82. The highest BCUT2D eigenvalue weighted by Gasteiger charge is 2.23. The lowest BCUT2D eigenvalue weighted by Crippen LogP contribution is -2.50. The summed E-state index contributed by atoms with van der Waals surface area (Å²) in [5.74, 6) is 1.29. The molecule has 5 heteroatoms. The van der Waals surface area contributed by atoms with E-state index in [0.717, 1.165) is 12.5 Å². The minimum atomic E-state index is -0.462. The van der Waals surface area contributed by atoms with E-state index in [0.29, 0.717) is 5.96 Å². The number of unbranched alkanes of at least 4 members (excludes halogenated alkanes) is 9. The Morgan fingerprint density at radius 3 is 1.96 bits per heavy atom. The molecule has 0 aromatic rings. The van der Waals surface area contributed by atoms with Gasteiger partial charge in [-0.3, -0.25) is 5.32 Å². The summed E-state index contributed by atoms with van der Waals surface area (Å²) < 4.78 is 0. The van der Waals surface area contributed by atoms with Crippen LogP contribution in [-0.4, -0.2) is 36.1 Å². The first kappa shape index (κ1) is 19.8. The Labute approximate surface area is 142 Å². The Bertz CT molecular complexity index is 387. The van der Waals surface area contributed by atoms with E-state index in [4.69, 9.17) is 5.73 Å². The number of nitrogens with two attached hydrogens (primary N) is 1. The standard InChI is InChI=1S/C18H37N5/c1-5-6-7-8-9-10-11-12-13-14-15-23(4)17-20-16(19)21-18(2,3)22-17/h5-15H2,1-4H3,(H3,19,20,21,22). The summed E-state index contributed by atoms with van der Waals surface area (Å²) in [7, 11) is 2.06. The minimum absolute atomic E-state index is 0.454. The van der Waals surface area contributed by atoms with Crippen molar-refractivity contribution >= 4 is 11.9 Å².